The van der Waals surface area contributed by atoms with E-state index in [2.05, 4.69) is 68.7 Å². The Balaban J connectivity index is 0.00000320. The number of hydrogen-bond donors (Lipinski definition) is 2. The molecule has 0 unspecified atom stereocenters. The second-order valence-electron chi connectivity index (χ2n) is 7.86. The van der Waals surface area contributed by atoms with Crippen molar-refractivity contribution in [1.82, 2.24) is 25.5 Å². The summed E-state index contributed by atoms with van der Waals surface area (Å²) in [5.41, 5.74) is 0.0480. The van der Waals surface area contributed by atoms with Crippen LogP contribution in [0, 0.1) is 0 Å². The van der Waals surface area contributed by atoms with Crippen LogP contribution in [0.15, 0.2) is 41.0 Å². The van der Waals surface area contributed by atoms with E-state index in [9.17, 15) is 0 Å². The predicted molar refractivity (Wildman–Crippen MR) is 137 cm³/mol. The first-order chi connectivity index (χ1) is 14.1. The van der Waals surface area contributed by atoms with Gasteiger partial charge in [-0.15, -0.1) is 35.3 Å². The van der Waals surface area contributed by atoms with Gasteiger partial charge in [0.2, 0.25) is 5.95 Å². The number of hydrogen-bond acceptors (Lipinski definition) is 6. The summed E-state index contributed by atoms with van der Waals surface area (Å²) in [6, 6.07) is 6.16. The molecule has 0 saturated carbocycles. The molecule has 7 nitrogen and oxygen atoms in total. The minimum atomic E-state index is 0. The Morgan fingerprint density at radius 1 is 1.13 bits per heavy atom. The zero-order valence-electron chi connectivity index (χ0n) is 18.2. The SMILES string of the molecule is CCNC(=NCC(C)(C)c1cccs1)NCCN1CCN(c2ncccn2)CC1.I. The Labute approximate surface area is 201 Å². The molecule has 0 radical (unpaired) electrons. The number of nitrogens with one attached hydrogen (secondary N) is 2. The van der Waals surface area contributed by atoms with Gasteiger partial charge in [-0.25, -0.2) is 9.97 Å². The van der Waals surface area contributed by atoms with Crippen LogP contribution in [0.25, 0.3) is 0 Å². The van der Waals surface area contributed by atoms with Crippen molar-refractivity contribution in [3.8, 4) is 0 Å². The van der Waals surface area contributed by atoms with Crippen molar-refractivity contribution >= 4 is 47.2 Å². The molecule has 0 aromatic carbocycles. The molecule has 0 atom stereocenters. The molecule has 2 aromatic heterocycles. The van der Waals surface area contributed by atoms with Crippen molar-refractivity contribution in [2.24, 2.45) is 4.99 Å². The highest BCUT2D eigenvalue weighted by atomic mass is 127. The van der Waals surface area contributed by atoms with E-state index in [1.807, 2.05) is 6.07 Å². The second-order valence-corrected chi connectivity index (χ2v) is 8.81. The Bertz CT molecular complexity index is 744. The molecule has 2 N–H and O–H groups in total. The Morgan fingerprint density at radius 2 is 1.87 bits per heavy atom. The molecular weight excluding hydrogens is 509 g/mol. The lowest BCUT2D eigenvalue weighted by Crippen LogP contribution is -2.49. The fourth-order valence-electron chi connectivity index (χ4n) is 3.32. The number of rotatable bonds is 8. The number of halogens is 1. The van der Waals surface area contributed by atoms with Crippen LogP contribution >= 0.6 is 35.3 Å². The highest BCUT2D eigenvalue weighted by Crippen LogP contribution is 2.27. The van der Waals surface area contributed by atoms with Crippen LogP contribution in [-0.4, -0.2) is 73.2 Å². The van der Waals surface area contributed by atoms with Crippen LogP contribution in [0.3, 0.4) is 0 Å². The summed E-state index contributed by atoms with van der Waals surface area (Å²) in [5.74, 6) is 1.73. The van der Waals surface area contributed by atoms with Gasteiger partial charge >= 0.3 is 0 Å². The first-order valence-electron chi connectivity index (χ1n) is 10.4. The number of piperazine rings is 1. The minimum Gasteiger partial charge on any atom is -0.357 e. The lowest BCUT2D eigenvalue weighted by Gasteiger charge is -2.34. The van der Waals surface area contributed by atoms with Crippen LogP contribution < -0.4 is 15.5 Å². The van der Waals surface area contributed by atoms with Gasteiger partial charge in [0.1, 0.15) is 0 Å². The molecule has 0 bridgehead atoms. The van der Waals surface area contributed by atoms with E-state index in [1.165, 1.54) is 4.88 Å². The molecule has 3 heterocycles. The number of nitrogens with zero attached hydrogens (tertiary/aromatic N) is 5. The molecule has 2 aromatic rings. The van der Waals surface area contributed by atoms with Gasteiger partial charge in [-0.2, -0.15) is 0 Å². The number of anilines is 1. The van der Waals surface area contributed by atoms with Crippen LogP contribution in [-0.2, 0) is 5.41 Å². The molecule has 0 amide bonds. The van der Waals surface area contributed by atoms with Gasteiger partial charge in [0.15, 0.2) is 5.96 Å². The minimum absolute atomic E-state index is 0. The maximum absolute atomic E-state index is 4.83. The van der Waals surface area contributed by atoms with E-state index in [0.29, 0.717) is 0 Å². The van der Waals surface area contributed by atoms with Gasteiger partial charge in [-0.3, -0.25) is 9.89 Å². The van der Waals surface area contributed by atoms with Crippen LogP contribution in [0.5, 0.6) is 0 Å². The molecule has 1 aliphatic rings. The second kappa shape index (κ2) is 12.4. The number of aliphatic imine (C=N–C) groups is 1. The molecule has 0 aliphatic carbocycles. The Kier molecular flexibility index (Phi) is 10.3. The zero-order valence-corrected chi connectivity index (χ0v) is 21.3. The summed E-state index contributed by atoms with van der Waals surface area (Å²) in [5, 5.41) is 8.99. The summed E-state index contributed by atoms with van der Waals surface area (Å²) in [6.45, 7) is 14.1. The van der Waals surface area contributed by atoms with Gasteiger partial charge in [-0.05, 0) is 24.4 Å². The third-order valence-corrected chi connectivity index (χ3v) is 6.33. The van der Waals surface area contributed by atoms with Crippen molar-refractivity contribution < 1.29 is 0 Å². The molecule has 1 aliphatic heterocycles. The van der Waals surface area contributed by atoms with E-state index >= 15 is 0 Å². The van der Waals surface area contributed by atoms with Crippen LogP contribution in [0.4, 0.5) is 5.95 Å². The average molecular weight is 544 g/mol. The summed E-state index contributed by atoms with van der Waals surface area (Å²) in [4.78, 5) is 19.6. The molecular formula is C21H34IN7S. The number of aromatic nitrogens is 2. The first-order valence-corrected chi connectivity index (χ1v) is 11.3. The van der Waals surface area contributed by atoms with E-state index in [-0.39, 0.29) is 29.4 Å². The smallest absolute Gasteiger partial charge is 0.225 e. The van der Waals surface area contributed by atoms with E-state index in [0.717, 1.165) is 64.3 Å². The number of thiophene rings is 1. The maximum atomic E-state index is 4.83. The fraction of sp³-hybridized carbons (Fsp3) is 0.571. The fourth-order valence-corrected chi connectivity index (χ4v) is 4.16. The van der Waals surface area contributed by atoms with Crippen molar-refractivity contribution in [1.29, 1.82) is 0 Å². The zero-order chi connectivity index (χ0) is 20.5. The Hall–Kier alpha value is -1.46. The van der Waals surface area contributed by atoms with E-state index in [4.69, 9.17) is 4.99 Å². The summed E-state index contributed by atoms with van der Waals surface area (Å²) in [7, 11) is 0. The van der Waals surface area contributed by atoms with Crippen LogP contribution in [0.1, 0.15) is 25.6 Å². The monoisotopic (exact) mass is 543 g/mol. The molecule has 9 heteroatoms. The number of guanidine groups is 1. The average Bonchev–Trinajstić information content (AvgIpc) is 3.29. The quantitative estimate of drug-likeness (QED) is 0.303. The van der Waals surface area contributed by atoms with Crippen molar-refractivity contribution in [2.45, 2.75) is 26.2 Å². The molecule has 30 heavy (non-hydrogen) atoms. The standard InChI is InChI=1S/C21H33N7S.HI/c1-4-22-19(26-17-21(2,3)18-7-5-16-29-18)23-10-11-27-12-14-28(15-13-27)20-24-8-6-9-25-20;/h5-9,16H,4,10-15,17H2,1-3H3,(H2,22,23,26);1H. The van der Waals surface area contributed by atoms with Gasteiger partial charge in [0.25, 0.3) is 0 Å². The summed E-state index contributed by atoms with van der Waals surface area (Å²) < 4.78 is 0. The van der Waals surface area contributed by atoms with Crippen LogP contribution in [0.2, 0.25) is 0 Å². The lowest BCUT2D eigenvalue weighted by molar-refractivity contribution is 0.260. The predicted octanol–water partition coefficient (Wildman–Crippen LogP) is 2.81. The highest BCUT2D eigenvalue weighted by Gasteiger charge is 2.22. The third-order valence-electron chi connectivity index (χ3n) is 5.09. The molecule has 1 saturated heterocycles. The normalized spacial score (nSPS) is 15.6. The van der Waals surface area contributed by atoms with Crippen molar-refractivity contribution in [2.75, 3.05) is 57.3 Å². The molecule has 166 valence electrons. The third kappa shape index (κ3) is 7.35. The molecule has 3 rings (SSSR count). The first kappa shape index (κ1) is 24.8. The molecule has 0 spiro atoms. The topological polar surface area (TPSA) is 68.7 Å². The maximum Gasteiger partial charge on any atom is 0.225 e. The lowest BCUT2D eigenvalue weighted by atomic mass is 9.92. The van der Waals surface area contributed by atoms with Gasteiger partial charge in [-0.1, -0.05) is 19.9 Å². The van der Waals surface area contributed by atoms with E-state index < -0.39 is 0 Å². The highest BCUT2D eigenvalue weighted by molar-refractivity contribution is 14.0. The van der Waals surface area contributed by atoms with Crippen molar-refractivity contribution in [3.63, 3.8) is 0 Å². The largest absolute Gasteiger partial charge is 0.357 e. The van der Waals surface area contributed by atoms with Gasteiger partial charge < -0.3 is 15.5 Å². The van der Waals surface area contributed by atoms with Gasteiger partial charge in [0, 0.05) is 68.5 Å². The summed E-state index contributed by atoms with van der Waals surface area (Å²) >= 11 is 1.80. The van der Waals surface area contributed by atoms with E-state index in [1.54, 1.807) is 23.7 Å². The summed E-state index contributed by atoms with van der Waals surface area (Å²) in [6.07, 6.45) is 3.61. The molecule has 1 fully saturated rings. The van der Waals surface area contributed by atoms with Crippen molar-refractivity contribution in [3.05, 3.63) is 40.8 Å². The van der Waals surface area contributed by atoms with Gasteiger partial charge in [0.05, 0.1) is 6.54 Å². The Morgan fingerprint density at radius 3 is 2.50 bits per heavy atom.